The van der Waals surface area contributed by atoms with E-state index in [2.05, 4.69) is 31.4 Å². The standard InChI is InChI=1S/C21H18BrF3N4O2S/c1-2-29-18(11-19(31)26-16-5-3-4-14(10-16)21(23,24)25)27-28-20(29)32-12-17(30)13-6-8-15(22)9-7-13/h3-10H,2,11-12H2,1H3,(H,26,31). The molecule has 0 radical (unpaired) electrons. The second-order valence-electron chi connectivity index (χ2n) is 6.67. The van der Waals surface area contributed by atoms with Gasteiger partial charge in [-0.2, -0.15) is 13.2 Å². The van der Waals surface area contributed by atoms with Crippen LogP contribution in [0.25, 0.3) is 0 Å². The fraction of sp³-hybridized carbons (Fsp3) is 0.238. The molecule has 3 aromatic rings. The Morgan fingerprint density at radius 1 is 1.12 bits per heavy atom. The minimum absolute atomic E-state index is 0.0436. The molecule has 1 amide bonds. The lowest BCUT2D eigenvalue weighted by Crippen LogP contribution is -2.18. The van der Waals surface area contributed by atoms with Crippen LogP contribution in [-0.2, 0) is 23.9 Å². The molecule has 0 atom stereocenters. The minimum atomic E-state index is -4.50. The van der Waals surface area contributed by atoms with Crippen molar-refractivity contribution in [2.24, 2.45) is 0 Å². The highest BCUT2D eigenvalue weighted by Crippen LogP contribution is 2.30. The fourth-order valence-corrected chi connectivity index (χ4v) is 4.03. The van der Waals surface area contributed by atoms with Gasteiger partial charge in [-0.3, -0.25) is 9.59 Å². The van der Waals surface area contributed by atoms with E-state index in [0.29, 0.717) is 23.1 Å². The molecule has 0 saturated carbocycles. The molecule has 32 heavy (non-hydrogen) atoms. The Labute approximate surface area is 194 Å². The average Bonchev–Trinajstić information content (AvgIpc) is 3.13. The molecule has 0 bridgehead atoms. The Morgan fingerprint density at radius 2 is 1.84 bits per heavy atom. The summed E-state index contributed by atoms with van der Waals surface area (Å²) in [5.41, 5.74) is -0.229. The number of ketones is 1. The van der Waals surface area contributed by atoms with Crippen molar-refractivity contribution >= 4 is 45.1 Å². The average molecular weight is 527 g/mol. The first kappa shape index (κ1) is 24.0. The number of nitrogens with zero attached hydrogens (tertiary/aromatic N) is 3. The van der Waals surface area contributed by atoms with Crippen LogP contribution in [0.4, 0.5) is 18.9 Å². The molecular weight excluding hydrogens is 509 g/mol. The number of amides is 1. The lowest BCUT2D eigenvalue weighted by atomic mass is 10.2. The number of aromatic nitrogens is 3. The highest BCUT2D eigenvalue weighted by atomic mass is 79.9. The normalized spacial score (nSPS) is 11.4. The first-order chi connectivity index (χ1) is 15.2. The lowest BCUT2D eigenvalue weighted by molar-refractivity contribution is -0.137. The predicted octanol–water partition coefficient (Wildman–Crippen LogP) is 5.24. The van der Waals surface area contributed by atoms with Crippen LogP contribution < -0.4 is 5.32 Å². The molecule has 1 N–H and O–H groups in total. The maximum atomic E-state index is 12.8. The van der Waals surface area contributed by atoms with Crippen LogP contribution in [0, 0.1) is 0 Å². The Kier molecular flexibility index (Phi) is 7.73. The van der Waals surface area contributed by atoms with Crippen molar-refractivity contribution in [3.8, 4) is 0 Å². The first-order valence-electron chi connectivity index (χ1n) is 9.48. The van der Waals surface area contributed by atoms with Gasteiger partial charge >= 0.3 is 6.18 Å². The van der Waals surface area contributed by atoms with Crippen LogP contribution >= 0.6 is 27.7 Å². The van der Waals surface area contributed by atoms with E-state index in [4.69, 9.17) is 0 Å². The van der Waals surface area contributed by atoms with Gasteiger partial charge in [0.15, 0.2) is 10.9 Å². The van der Waals surface area contributed by atoms with Crippen molar-refractivity contribution in [1.82, 2.24) is 14.8 Å². The molecule has 168 valence electrons. The third-order valence-electron chi connectivity index (χ3n) is 4.40. The molecule has 2 aromatic carbocycles. The van der Waals surface area contributed by atoms with Crippen LogP contribution in [0.3, 0.4) is 0 Å². The van der Waals surface area contributed by atoms with E-state index < -0.39 is 17.6 Å². The smallest absolute Gasteiger partial charge is 0.326 e. The minimum Gasteiger partial charge on any atom is -0.326 e. The third kappa shape index (κ3) is 6.19. The van der Waals surface area contributed by atoms with Crippen molar-refractivity contribution in [1.29, 1.82) is 0 Å². The topological polar surface area (TPSA) is 76.9 Å². The van der Waals surface area contributed by atoms with E-state index in [9.17, 15) is 22.8 Å². The van der Waals surface area contributed by atoms with Gasteiger partial charge in [-0.1, -0.05) is 45.9 Å². The van der Waals surface area contributed by atoms with Gasteiger partial charge in [-0.25, -0.2) is 0 Å². The molecule has 0 saturated heterocycles. The number of anilines is 1. The first-order valence-corrected chi connectivity index (χ1v) is 11.3. The molecule has 0 fully saturated rings. The van der Waals surface area contributed by atoms with E-state index in [0.717, 1.165) is 16.6 Å². The summed E-state index contributed by atoms with van der Waals surface area (Å²) in [5.74, 6) is -0.0857. The summed E-state index contributed by atoms with van der Waals surface area (Å²) in [6.45, 7) is 2.31. The summed E-state index contributed by atoms with van der Waals surface area (Å²) < 4.78 is 41.1. The molecule has 0 aliphatic heterocycles. The molecule has 0 spiro atoms. The number of hydrogen-bond donors (Lipinski definition) is 1. The molecule has 0 unspecified atom stereocenters. The van der Waals surface area contributed by atoms with Gasteiger partial charge in [-0.15, -0.1) is 10.2 Å². The number of Topliss-reactive ketones (excluding diaryl/α,β-unsaturated/α-hetero) is 1. The van der Waals surface area contributed by atoms with Crippen LogP contribution in [0.15, 0.2) is 58.2 Å². The number of thioether (sulfide) groups is 1. The van der Waals surface area contributed by atoms with Gasteiger partial charge in [0.1, 0.15) is 5.82 Å². The second-order valence-corrected chi connectivity index (χ2v) is 8.52. The molecule has 6 nitrogen and oxygen atoms in total. The van der Waals surface area contributed by atoms with Crippen LogP contribution in [0.2, 0.25) is 0 Å². The molecule has 11 heteroatoms. The van der Waals surface area contributed by atoms with Crippen molar-refractivity contribution in [2.75, 3.05) is 11.1 Å². The van der Waals surface area contributed by atoms with Crippen molar-refractivity contribution in [3.05, 3.63) is 70.0 Å². The Balaban J connectivity index is 1.63. The quantitative estimate of drug-likeness (QED) is 0.321. The largest absolute Gasteiger partial charge is 0.416 e. The zero-order chi connectivity index (χ0) is 23.3. The van der Waals surface area contributed by atoms with Gasteiger partial charge in [0.05, 0.1) is 17.7 Å². The molecule has 1 heterocycles. The fourth-order valence-electron chi connectivity index (χ4n) is 2.85. The molecule has 0 aliphatic rings. The van der Waals surface area contributed by atoms with Crippen LogP contribution in [-0.4, -0.2) is 32.2 Å². The van der Waals surface area contributed by atoms with E-state index >= 15 is 0 Å². The number of rotatable bonds is 8. The number of nitrogens with one attached hydrogen (secondary N) is 1. The summed E-state index contributed by atoms with van der Waals surface area (Å²) in [7, 11) is 0. The number of hydrogen-bond acceptors (Lipinski definition) is 5. The number of benzene rings is 2. The van der Waals surface area contributed by atoms with E-state index in [1.54, 1.807) is 28.8 Å². The molecule has 0 aliphatic carbocycles. The van der Waals surface area contributed by atoms with E-state index in [1.165, 1.54) is 23.9 Å². The molecule has 1 aromatic heterocycles. The summed E-state index contributed by atoms with van der Waals surface area (Å²) in [6.07, 6.45) is -4.67. The Morgan fingerprint density at radius 3 is 2.50 bits per heavy atom. The zero-order valence-corrected chi connectivity index (χ0v) is 19.2. The lowest BCUT2D eigenvalue weighted by Gasteiger charge is -2.10. The van der Waals surface area contributed by atoms with E-state index in [-0.39, 0.29) is 23.6 Å². The summed E-state index contributed by atoms with van der Waals surface area (Å²) in [4.78, 5) is 24.7. The number of alkyl halides is 3. The number of carbonyl (C=O) groups excluding carboxylic acids is 2. The SMILES string of the molecule is CCn1c(CC(=O)Nc2cccc(C(F)(F)F)c2)nnc1SCC(=O)c1ccc(Br)cc1. The summed E-state index contributed by atoms with van der Waals surface area (Å²) in [6, 6.07) is 11.4. The maximum absolute atomic E-state index is 12.8. The monoisotopic (exact) mass is 526 g/mol. The summed E-state index contributed by atoms with van der Waals surface area (Å²) in [5, 5.41) is 11.0. The zero-order valence-electron chi connectivity index (χ0n) is 16.8. The second kappa shape index (κ2) is 10.3. The number of carbonyl (C=O) groups is 2. The van der Waals surface area contributed by atoms with Crippen LogP contribution in [0.1, 0.15) is 28.7 Å². The van der Waals surface area contributed by atoms with Crippen molar-refractivity contribution in [3.63, 3.8) is 0 Å². The Bertz CT molecular complexity index is 1120. The third-order valence-corrected chi connectivity index (χ3v) is 5.90. The van der Waals surface area contributed by atoms with Gasteiger partial charge in [-0.05, 0) is 37.3 Å². The van der Waals surface area contributed by atoms with Crippen molar-refractivity contribution < 1.29 is 22.8 Å². The van der Waals surface area contributed by atoms with Gasteiger partial charge in [0.2, 0.25) is 5.91 Å². The van der Waals surface area contributed by atoms with Crippen molar-refractivity contribution in [2.45, 2.75) is 31.2 Å². The highest BCUT2D eigenvalue weighted by molar-refractivity contribution is 9.10. The predicted molar refractivity (Wildman–Crippen MR) is 119 cm³/mol. The highest BCUT2D eigenvalue weighted by Gasteiger charge is 2.30. The molecular formula is C21H18BrF3N4O2S. The van der Waals surface area contributed by atoms with Gasteiger partial charge in [0, 0.05) is 22.3 Å². The number of halogens is 4. The van der Waals surface area contributed by atoms with Gasteiger partial charge < -0.3 is 9.88 Å². The maximum Gasteiger partial charge on any atom is 0.416 e. The van der Waals surface area contributed by atoms with Gasteiger partial charge in [0.25, 0.3) is 0 Å². The molecule has 3 rings (SSSR count). The van der Waals surface area contributed by atoms with E-state index in [1.807, 2.05) is 6.92 Å². The summed E-state index contributed by atoms with van der Waals surface area (Å²) >= 11 is 4.53. The van der Waals surface area contributed by atoms with Crippen LogP contribution in [0.5, 0.6) is 0 Å². The Hall–Kier alpha value is -2.66.